The van der Waals surface area contributed by atoms with Gasteiger partial charge >= 0.3 is 5.97 Å². The monoisotopic (exact) mass is 629 g/mol. The summed E-state index contributed by atoms with van der Waals surface area (Å²) in [5.74, 6) is 1.63. The zero-order chi connectivity index (χ0) is 32.7. The Hall–Kier alpha value is -5.56. The van der Waals surface area contributed by atoms with E-state index in [1.165, 1.54) is 0 Å². The summed E-state index contributed by atoms with van der Waals surface area (Å²) in [6.07, 6.45) is 0.104. The van der Waals surface area contributed by atoms with Gasteiger partial charge in [-0.1, -0.05) is 84.9 Å². The Morgan fingerprint density at radius 3 is 1.68 bits per heavy atom. The number of nitrogens with zero attached hydrogens (tertiary/aromatic N) is 1. The minimum absolute atomic E-state index is 0.104. The van der Waals surface area contributed by atoms with Gasteiger partial charge in [-0.3, -0.25) is 9.59 Å². The molecule has 0 N–H and O–H groups in total. The Kier molecular flexibility index (Phi) is 12.0. The van der Waals surface area contributed by atoms with Crippen molar-refractivity contribution in [3.8, 4) is 17.2 Å². The summed E-state index contributed by atoms with van der Waals surface area (Å²) >= 11 is 0. The van der Waals surface area contributed by atoms with Gasteiger partial charge in [-0.15, -0.1) is 0 Å². The molecule has 7 heteroatoms. The van der Waals surface area contributed by atoms with E-state index in [1.54, 1.807) is 36.1 Å². The second-order valence-corrected chi connectivity index (χ2v) is 10.9. The zero-order valence-electron chi connectivity index (χ0n) is 26.5. The van der Waals surface area contributed by atoms with E-state index in [4.69, 9.17) is 18.9 Å². The van der Waals surface area contributed by atoms with E-state index >= 15 is 0 Å². The van der Waals surface area contributed by atoms with Crippen molar-refractivity contribution in [2.75, 3.05) is 13.2 Å². The fourth-order valence-corrected chi connectivity index (χ4v) is 4.87. The van der Waals surface area contributed by atoms with E-state index in [0.717, 1.165) is 33.8 Å². The van der Waals surface area contributed by atoms with Gasteiger partial charge in [0, 0.05) is 18.7 Å². The third kappa shape index (κ3) is 10.5. The average Bonchev–Trinajstić information content (AvgIpc) is 3.12. The van der Waals surface area contributed by atoms with Crippen LogP contribution in [0.1, 0.15) is 46.0 Å². The maximum Gasteiger partial charge on any atom is 0.307 e. The number of amides is 1. The predicted molar refractivity (Wildman–Crippen MR) is 181 cm³/mol. The Bertz CT molecular complexity index is 1690. The summed E-state index contributed by atoms with van der Waals surface area (Å²) in [6, 6.07) is 42.5. The van der Waals surface area contributed by atoms with Crippen LogP contribution in [-0.2, 0) is 35.9 Å². The lowest BCUT2D eigenvalue weighted by molar-refractivity contribution is -0.143. The molecule has 0 aromatic heterocycles. The fraction of sp³-hybridized carbons (Fsp3) is 0.200. The molecule has 0 saturated heterocycles. The molecule has 0 aliphatic carbocycles. The van der Waals surface area contributed by atoms with Gasteiger partial charge in [-0.25, -0.2) is 0 Å². The van der Waals surface area contributed by atoms with Crippen LogP contribution in [0, 0.1) is 0 Å². The Balaban J connectivity index is 1.18. The molecule has 0 saturated carbocycles. The van der Waals surface area contributed by atoms with Crippen LogP contribution in [0.5, 0.6) is 17.2 Å². The topological polar surface area (TPSA) is 74.3 Å². The first-order valence-corrected chi connectivity index (χ1v) is 15.7. The molecule has 240 valence electrons. The number of carbonyl (C=O) groups excluding carboxylic acids is 2. The third-order valence-electron chi connectivity index (χ3n) is 7.38. The highest BCUT2D eigenvalue weighted by molar-refractivity contribution is 5.94. The maximum absolute atomic E-state index is 13.6. The van der Waals surface area contributed by atoms with E-state index < -0.39 is 0 Å². The summed E-state index contributed by atoms with van der Waals surface area (Å²) < 4.78 is 23.0. The molecule has 0 aliphatic rings. The Labute approximate surface area is 276 Å². The second-order valence-electron chi connectivity index (χ2n) is 10.9. The van der Waals surface area contributed by atoms with Gasteiger partial charge in [-0.2, -0.15) is 0 Å². The smallest absolute Gasteiger partial charge is 0.307 e. The molecule has 0 fully saturated rings. The molecule has 0 heterocycles. The van der Waals surface area contributed by atoms with Gasteiger partial charge in [0.2, 0.25) is 0 Å². The first-order chi connectivity index (χ1) is 23.1. The molecule has 0 atom stereocenters. The van der Waals surface area contributed by atoms with Gasteiger partial charge in [0.1, 0.15) is 37.1 Å². The van der Waals surface area contributed by atoms with E-state index in [0.29, 0.717) is 44.3 Å². The predicted octanol–water partition coefficient (Wildman–Crippen LogP) is 8.02. The number of esters is 1. The lowest BCUT2D eigenvalue weighted by Gasteiger charge is -2.23. The molecule has 5 aromatic rings. The second kappa shape index (κ2) is 17.2. The molecule has 0 bridgehead atoms. The van der Waals surface area contributed by atoms with Crippen molar-refractivity contribution in [3.63, 3.8) is 0 Å². The SMILES string of the molecule is CCOC(=O)CCN(Cc1ccc(OCc2ccccc2)cc1)C(=O)c1ccc(OCc2cccc(OCc3ccccc3)c2)cc1. The van der Waals surface area contributed by atoms with E-state index in [-0.39, 0.29) is 24.8 Å². The highest BCUT2D eigenvalue weighted by atomic mass is 16.5. The van der Waals surface area contributed by atoms with Crippen LogP contribution < -0.4 is 14.2 Å². The van der Waals surface area contributed by atoms with Gasteiger partial charge in [-0.05, 0) is 77.7 Å². The molecule has 0 radical (unpaired) electrons. The van der Waals surface area contributed by atoms with Gasteiger partial charge < -0.3 is 23.8 Å². The Morgan fingerprint density at radius 2 is 1.09 bits per heavy atom. The number of ether oxygens (including phenoxy) is 4. The van der Waals surface area contributed by atoms with Gasteiger partial charge in [0.25, 0.3) is 5.91 Å². The van der Waals surface area contributed by atoms with Crippen molar-refractivity contribution >= 4 is 11.9 Å². The summed E-state index contributed by atoms with van der Waals surface area (Å²) in [6.45, 7) is 3.94. The molecule has 47 heavy (non-hydrogen) atoms. The molecule has 0 unspecified atom stereocenters. The fourth-order valence-electron chi connectivity index (χ4n) is 4.87. The number of carbonyl (C=O) groups is 2. The number of hydrogen-bond acceptors (Lipinski definition) is 6. The normalized spacial score (nSPS) is 10.6. The van der Waals surface area contributed by atoms with Crippen LogP contribution >= 0.6 is 0 Å². The Morgan fingerprint density at radius 1 is 0.553 bits per heavy atom. The molecule has 0 spiro atoms. The first-order valence-electron chi connectivity index (χ1n) is 15.7. The van der Waals surface area contributed by atoms with Crippen LogP contribution in [0.2, 0.25) is 0 Å². The molecule has 5 aromatic carbocycles. The van der Waals surface area contributed by atoms with Crippen LogP contribution in [0.25, 0.3) is 0 Å². The van der Waals surface area contributed by atoms with Gasteiger partial charge in [0.15, 0.2) is 0 Å². The minimum Gasteiger partial charge on any atom is -0.489 e. The quantitative estimate of drug-likeness (QED) is 0.103. The van der Waals surface area contributed by atoms with Crippen molar-refractivity contribution in [3.05, 3.63) is 161 Å². The van der Waals surface area contributed by atoms with Crippen LogP contribution in [-0.4, -0.2) is 29.9 Å². The average molecular weight is 630 g/mol. The maximum atomic E-state index is 13.6. The minimum atomic E-state index is -0.340. The lowest BCUT2D eigenvalue weighted by Crippen LogP contribution is -2.33. The van der Waals surface area contributed by atoms with Crippen LogP contribution in [0.4, 0.5) is 0 Å². The number of benzene rings is 5. The largest absolute Gasteiger partial charge is 0.489 e. The summed E-state index contributed by atoms with van der Waals surface area (Å²) in [4.78, 5) is 27.4. The molecular formula is C40H39NO6. The van der Waals surface area contributed by atoms with Crippen molar-refractivity contribution in [2.45, 2.75) is 39.7 Å². The van der Waals surface area contributed by atoms with Crippen molar-refractivity contribution in [1.82, 2.24) is 4.90 Å². The highest BCUT2D eigenvalue weighted by Crippen LogP contribution is 2.21. The number of rotatable bonds is 16. The van der Waals surface area contributed by atoms with Crippen LogP contribution in [0.15, 0.2) is 133 Å². The molecule has 0 aliphatic heterocycles. The standard InChI is InChI=1S/C40H39NO6/c1-2-44-39(42)24-25-41(27-31-16-20-36(21-17-31)45-28-32-10-5-3-6-11-32)40(43)35-18-22-37(23-19-35)46-30-34-14-9-15-38(26-34)47-29-33-12-7-4-8-13-33/h3-23,26H,2,24-25,27-30H2,1H3. The highest BCUT2D eigenvalue weighted by Gasteiger charge is 2.18. The van der Waals surface area contributed by atoms with Crippen molar-refractivity contribution in [2.24, 2.45) is 0 Å². The third-order valence-corrected chi connectivity index (χ3v) is 7.38. The molecule has 5 rings (SSSR count). The van der Waals surface area contributed by atoms with Crippen LogP contribution in [0.3, 0.4) is 0 Å². The van der Waals surface area contributed by atoms with E-state index in [9.17, 15) is 9.59 Å². The number of hydrogen-bond donors (Lipinski definition) is 0. The summed E-state index contributed by atoms with van der Waals surface area (Å²) in [7, 11) is 0. The molecule has 1 amide bonds. The van der Waals surface area contributed by atoms with E-state index in [2.05, 4.69) is 0 Å². The first kappa shape index (κ1) is 32.8. The summed E-state index contributed by atoms with van der Waals surface area (Å²) in [5, 5.41) is 0. The van der Waals surface area contributed by atoms with E-state index in [1.807, 2.05) is 109 Å². The zero-order valence-corrected chi connectivity index (χ0v) is 26.5. The lowest BCUT2D eigenvalue weighted by atomic mass is 10.1. The summed E-state index contributed by atoms with van der Waals surface area (Å²) in [5.41, 5.74) is 4.58. The molecule has 7 nitrogen and oxygen atoms in total. The van der Waals surface area contributed by atoms with Gasteiger partial charge in [0.05, 0.1) is 13.0 Å². The van der Waals surface area contributed by atoms with Crippen molar-refractivity contribution in [1.29, 1.82) is 0 Å². The van der Waals surface area contributed by atoms with Crippen molar-refractivity contribution < 1.29 is 28.5 Å². The molecular weight excluding hydrogens is 590 g/mol.